The molecule has 2 aromatic heterocycles. The standard InChI is InChI=1S/C38H31N7/c1-4-12-28(13-5-1)30-22-24-43-37(26-30)41-33-18-10-20-35(39-33)45(32-16-8-3-9-17-32)36-21-11-19-34(40-36)42-38-27-31(23-25-44(38)43)29-14-6-2-7-15-29/h1-27,37-38H,(H,39,41)(H,40,42). The van der Waals surface area contributed by atoms with Crippen molar-refractivity contribution in [3.63, 3.8) is 0 Å². The molecule has 45 heavy (non-hydrogen) atoms. The summed E-state index contributed by atoms with van der Waals surface area (Å²) in [4.78, 5) is 12.3. The third kappa shape index (κ3) is 5.32. The smallest absolute Gasteiger partial charge is 0.141 e. The Morgan fingerprint density at radius 1 is 0.467 bits per heavy atom. The Bertz CT molecular complexity index is 1810. The van der Waals surface area contributed by atoms with Crippen LogP contribution in [0.15, 0.2) is 164 Å². The number of hydrogen-bond donors (Lipinski definition) is 2. The molecule has 3 aliphatic rings. The molecule has 0 aliphatic carbocycles. The van der Waals surface area contributed by atoms with Crippen LogP contribution in [0.25, 0.3) is 11.1 Å². The first kappa shape index (κ1) is 26.5. The van der Waals surface area contributed by atoms with E-state index in [1.165, 1.54) is 0 Å². The molecule has 0 saturated carbocycles. The van der Waals surface area contributed by atoms with Gasteiger partial charge < -0.3 is 10.6 Å². The number of anilines is 5. The molecular weight excluding hydrogens is 554 g/mol. The fourth-order valence-corrected chi connectivity index (χ4v) is 5.92. The molecule has 2 N–H and O–H groups in total. The Morgan fingerprint density at radius 2 is 0.911 bits per heavy atom. The second kappa shape index (κ2) is 11.5. The maximum atomic E-state index is 5.12. The van der Waals surface area contributed by atoms with Crippen molar-refractivity contribution in [2.24, 2.45) is 0 Å². The Morgan fingerprint density at radius 3 is 1.38 bits per heavy atom. The molecule has 3 aliphatic heterocycles. The molecule has 0 saturated heterocycles. The predicted molar refractivity (Wildman–Crippen MR) is 182 cm³/mol. The highest BCUT2D eigenvalue weighted by Gasteiger charge is 2.30. The lowest BCUT2D eigenvalue weighted by molar-refractivity contribution is 0.0399. The van der Waals surface area contributed by atoms with Crippen LogP contribution >= 0.6 is 0 Å². The molecule has 218 valence electrons. The third-order valence-electron chi connectivity index (χ3n) is 8.07. The first-order valence-electron chi connectivity index (χ1n) is 15.1. The number of hydrazine groups is 1. The van der Waals surface area contributed by atoms with Gasteiger partial charge in [0.05, 0.1) is 0 Å². The van der Waals surface area contributed by atoms with Crippen LogP contribution in [0.4, 0.5) is 29.0 Å². The van der Waals surface area contributed by atoms with Crippen molar-refractivity contribution < 1.29 is 0 Å². The van der Waals surface area contributed by atoms with Crippen LogP contribution < -0.4 is 15.5 Å². The van der Waals surface area contributed by atoms with Crippen LogP contribution in [-0.2, 0) is 0 Å². The Kier molecular flexibility index (Phi) is 6.81. The zero-order chi connectivity index (χ0) is 30.0. The van der Waals surface area contributed by atoms with Crippen molar-refractivity contribution in [2.75, 3.05) is 15.5 Å². The minimum absolute atomic E-state index is 0.240. The van der Waals surface area contributed by atoms with Crippen molar-refractivity contribution in [1.29, 1.82) is 0 Å². The van der Waals surface area contributed by atoms with Gasteiger partial charge in [0.1, 0.15) is 35.6 Å². The lowest BCUT2D eigenvalue weighted by Gasteiger charge is -2.44. The molecule has 5 aromatic rings. The maximum absolute atomic E-state index is 5.12. The summed E-state index contributed by atoms with van der Waals surface area (Å²) in [6.07, 6.45) is 12.6. The van der Waals surface area contributed by atoms with E-state index in [1.807, 2.05) is 66.7 Å². The predicted octanol–water partition coefficient (Wildman–Crippen LogP) is 8.18. The first-order chi connectivity index (χ1) is 22.3. The van der Waals surface area contributed by atoms with Crippen molar-refractivity contribution in [3.05, 3.63) is 175 Å². The van der Waals surface area contributed by atoms with Crippen LogP contribution in [-0.4, -0.2) is 32.3 Å². The van der Waals surface area contributed by atoms with E-state index in [0.29, 0.717) is 0 Å². The van der Waals surface area contributed by atoms with E-state index in [9.17, 15) is 0 Å². The Hall–Kier alpha value is -6.08. The quantitative estimate of drug-likeness (QED) is 0.221. The van der Waals surface area contributed by atoms with Gasteiger partial charge in [-0.25, -0.2) is 9.97 Å². The molecule has 2 atom stereocenters. The fraction of sp³-hybridized carbons (Fsp3) is 0.0526. The third-order valence-corrected chi connectivity index (χ3v) is 8.07. The normalized spacial score (nSPS) is 18.5. The van der Waals surface area contributed by atoms with E-state index in [4.69, 9.17) is 9.97 Å². The summed E-state index contributed by atoms with van der Waals surface area (Å²) in [6, 6.07) is 43.3. The van der Waals surface area contributed by atoms with E-state index in [-0.39, 0.29) is 12.3 Å². The first-order valence-corrected chi connectivity index (χ1v) is 15.1. The van der Waals surface area contributed by atoms with Gasteiger partial charge in [-0.3, -0.25) is 14.9 Å². The summed E-state index contributed by atoms with van der Waals surface area (Å²) in [5.74, 6) is 3.04. The average Bonchev–Trinajstić information content (AvgIpc) is 3.10. The van der Waals surface area contributed by atoms with E-state index >= 15 is 0 Å². The zero-order valence-electron chi connectivity index (χ0n) is 24.5. The zero-order valence-corrected chi connectivity index (χ0v) is 24.5. The van der Waals surface area contributed by atoms with Crippen LogP contribution in [0.2, 0.25) is 0 Å². The minimum atomic E-state index is -0.240. The summed E-state index contributed by atoms with van der Waals surface area (Å²) in [5, 5.41) is 11.9. The SMILES string of the molecule is C1=CN2C(C=C1c1ccccc1)Nc1cccc(n1)N(c1ccccc1)c1cccc(n1)NC1C=C(c3ccccc3)C=CN12. The number of rotatable bonds is 3. The Labute approximate surface area is 262 Å². The minimum Gasteiger partial charge on any atom is -0.345 e. The molecule has 7 nitrogen and oxygen atoms in total. The molecule has 0 amide bonds. The number of fused-ring (bicyclic) bond motifs is 7. The van der Waals surface area contributed by atoms with E-state index in [1.54, 1.807) is 0 Å². The monoisotopic (exact) mass is 585 g/mol. The molecule has 8 rings (SSSR count). The maximum Gasteiger partial charge on any atom is 0.141 e. The largest absolute Gasteiger partial charge is 0.345 e. The molecule has 0 radical (unpaired) electrons. The summed E-state index contributed by atoms with van der Waals surface area (Å²) < 4.78 is 0. The highest BCUT2D eigenvalue weighted by Crippen LogP contribution is 2.35. The molecular formula is C38H31N7. The molecule has 0 fully saturated rings. The van der Waals surface area contributed by atoms with Gasteiger partial charge >= 0.3 is 0 Å². The molecule has 5 heterocycles. The molecule has 7 heteroatoms. The molecule has 2 unspecified atom stereocenters. The van der Waals surface area contributed by atoms with E-state index < -0.39 is 0 Å². The highest BCUT2D eigenvalue weighted by molar-refractivity contribution is 5.78. The number of nitrogens with one attached hydrogen (secondary N) is 2. The number of aromatic nitrogens is 2. The number of nitrogens with zero attached hydrogens (tertiary/aromatic N) is 5. The van der Waals surface area contributed by atoms with Crippen LogP contribution in [0.1, 0.15) is 11.1 Å². The molecule has 0 spiro atoms. The van der Waals surface area contributed by atoms with Crippen molar-refractivity contribution in [2.45, 2.75) is 12.3 Å². The van der Waals surface area contributed by atoms with Crippen molar-refractivity contribution in [1.82, 2.24) is 20.0 Å². The average molecular weight is 586 g/mol. The van der Waals surface area contributed by atoms with Crippen molar-refractivity contribution >= 4 is 40.1 Å². The highest BCUT2D eigenvalue weighted by atomic mass is 15.7. The van der Waals surface area contributed by atoms with Crippen LogP contribution in [0.3, 0.4) is 0 Å². The van der Waals surface area contributed by atoms with E-state index in [2.05, 4.69) is 123 Å². The van der Waals surface area contributed by atoms with Crippen LogP contribution in [0, 0.1) is 0 Å². The van der Waals surface area contributed by atoms with Gasteiger partial charge in [-0.05, 0) is 83.0 Å². The molecule has 3 aromatic carbocycles. The van der Waals surface area contributed by atoms with E-state index in [0.717, 1.165) is 51.2 Å². The second-order valence-electron chi connectivity index (χ2n) is 11.0. The van der Waals surface area contributed by atoms with Gasteiger partial charge in [0, 0.05) is 18.1 Å². The second-order valence-corrected chi connectivity index (χ2v) is 11.0. The van der Waals surface area contributed by atoms with Crippen molar-refractivity contribution in [3.8, 4) is 0 Å². The summed E-state index contributed by atoms with van der Waals surface area (Å²) in [5.41, 5.74) is 5.56. The van der Waals surface area contributed by atoms with Gasteiger partial charge in [-0.1, -0.05) is 91.0 Å². The van der Waals surface area contributed by atoms with Gasteiger partial charge in [-0.2, -0.15) is 0 Å². The number of hydrogen-bond acceptors (Lipinski definition) is 7. The summed E-state index contributed by atoms with van der Waals surface area (Å²) in [7, 11) is 0. The van der Waals surface area contributed by atoms with Gasteiger partial charge in [0.2, 0.25) is 0 Å². The number of para-hydroxylation sites is 1. The summed E-state index contributed by atoms with van der Waals surface area (Å²) >= 11 is 0. The Balaban J connectivity index is 1.28. The number of pyridine rings is 2. The van der Waals surface area contributed by atoms with Gasteiger partial charge in [0.15, 0.2) is 0 Å². The fourth-order valence-electron chi connectivity index (χ4n) is 5.92. The topological polar surface area (TPSA) is 59.6 Å². The number of benzene rings is 3. The van der Waals surface area contributed by atoms with Gasteiger partial charge in [-0.15, -0.1) is 0 Å². The lowest BCUT2D eigenvalue weighted by Crippen LogP contribution is -2.53. The number of allylic oxidation sites excluding steroid dienone is 4. The van der Waals surface area contributed by atoms with Crippen LogP contribution in [0.5, 0.6) is 0 Å². The molecule has 4 bridgehead atoms. The lowest BCUT2D eigenvalue weighted by atomic mass is 10.0. The van der Waals surface area contributed by atoms with Gasteiger partial charge in [0.25, 0.3) is 0 Å². The summed E-state index contributed by atoms with van der Waals surface area (Å²) in [6.45, 7) is 0.